The maximum Gasteiger partial charge on any atom is 0.0464 e. The average Bonchev–Trinajstić information content (AvgIpc) is 2.50. The van der Waals surface area contributed by atoms with Crippen molar-refractivity contribution in [2.75, 3.05) is 6.61 Å². The van der Waals surface area contributed by atoms with Crippen molar-refractivity contribution < 1.29 is 5.11 Å². The van der Waals surface area contributed by atoms with Gasteiger partial charge in [0.1, 0.15) is 0 Å². The largest absolute Gasteiger partial charge is 0.396 e. The SMILES string of the molecule is CC(C)[C@@H](CO)C1CC1. The van der Waals surface area contributed by atoms with Crippen LogP contribution in [-0.2, 0) is 0 Å². The van der Waals surface area contributed by atoms with Gasteiger partial charge in [0.2, 0.25) is 0 Å². The van der Waals surface area contributed by atoms with E-state index in [-0.39, 0.29) is 0 Å². The van der Waals surface area contributed by atoms with Crippen molar-refractivity contribution in [2.45, 2.75) is 26.7 Å². The van der Waals surface area contributed by atoms with E-state index in [9.17, 15) is 0 Å². The number of hydrogen-bond donors (Lipinski definition) is 1. The molecule has 1 aliphatic rings. The van der Waals surface area contributed by atoms with E-state index in [0.29, 0.717) is 18.4 Å². The van der Waals surface area contributed by atoms with Crippen LogP contribution >= 0.6 is 0 Å². The van der Waals surface area contributed by atoms with Gasteiger partial charge in [0, 0.05) is 6.61 Å². The minimum Gasteiger partial charge on any atom is -0.396 e. The molecule has 1 atom stereocenters. The molecule has 0 aliphatic heterocycles. The molecule has 9 heavy (non-hydrogen) atoms. The molecule has 0 spiro atoms. The van der Waals surface area contributed by atoms with Crippen LogP contribution in [0.1, 0.15) is 26.7 Å². The summed E-state index contributed by atoms with van der Waals surface area (Å²) in [5.41, 5.74) is 0. The molecule has 1 N–H and O–H groups in total. The molecule has 1 fully saturated rings. The Balaban J connectivity index is 2.28. The van der Waals surface area contributed by atoms with Gasteiger partial charge in [-0.2, -0.15) is 0 Å². The van der Waals surface area contributed by atoms with Crippen molar-refractivity contribution in [1.29, 1.82) is 0 Å². The number of aliphatic hydroxyl groups is 1. The molecule has 0 aromatic rings. The first-order valence-electron chi connectivity index (χ1n) is 3.86. The van der Waals surface area contributed by atoms with Crippen molar-refractivity contribution in [1.82, 2.24) is 0 Å². The molecule has 1 rings (SSSR count). The Morgan fingerprint density at radius 3 is 2.11 bits per heavy atom. The summed E-state index contributed by atoms with van der Waals surface area (Å²) in [6.07, 6.45) is 2.70. The van der Waals surface area contributed by atoms with Gasteiger partial charge in [-0.25, -0.2) is 0 Å². The smallest absolute Gasteiger partial charge is 0.0464 e. The third kappa shape index (κ3) is 1.68. The van der Waals surface area contributed by atoms with Gasteiger partial charge in [-0.15, -0.1) is 0 Å². The minimum absolute atomic E-state index is 0.391. The Morgan fingerprint density at radius 2 is 2.00 bits per heavy atom. The fourth-order valence-corrected chi connectivity index (χ4v) is 1.43. The van der Waals surface area contributed by atoms with E-state index in [1.807, 2.05) is 0 Å². The van der Waals surface area contributed by atoms with Gasteiger partial charge >= 0.3 is 0 Å². The van der Waals surface area contributed by atoms with Crippen LogP contribution < -0.4 is 0 Å². The van der Waals surface area contributed by atoms with Crippen LogP contribution in [0.25, 0.3) is 0 Å². The quantitative estimate of drug-likeness (QED) is 0.613. The Labute approximate surface area is 57.1 Å². The summed E-state index contributed by atoms with van der Waals surface area (Å²) in [5, 5.41) is 8.91. The molecule has 0 aromatic heterocycles. The van der Waals surface area contributed by atoms with Crippen molar-refractivity contribution in [3.63, 3.8) is 0 Å². The van der Waals surface area contributed by atoms with Gasteiger partial charge in [0.05, 0.1) is 0 Å². The van der Waals surface area contributed by atoms with Gasteiger partial charge in [-0.1, -0.05) is 13.8 Å². The van der Waals surface area contributed by atoms with Crippen molar-refractivity contribution >= 4 is 0 Å². The first-order valence-corrected chi connectivity index (χ1v) is 3.86. The van der Waals surface area contributed by atoms with E-state index in [1.54, 1.807) is 0 Å². The molecule has 1 saturated carbocycles. The van der Waals surface area contributed by atoms with Crippen LogP contribution in [0.15, 0.2) is 0 Å². The Kier molecular flexibility index (Phi) is 2.12. The molecule has 0 unspecified atom stereocenters. The fraction of sp³-hybridized carbons (Fsp3) is 1.00. The summed E-state index contributed by atoms with van der Waals surface area (Å²) in [6, 6.07) is 0. The highest BCUT2D eigenvalue weighted by Gasteiger charge is 2.32. The van der Waals surface area contributed by atoms with Crippen LogP contribution in [0.3, 0.4) is 0 Å². The van der Waals surface area contributed by atoms with Crippen LogP contribution in [-0.4, -0.2) is 11.7 Å². The second-order valence-corrected chi connectivity index (χ2v) is 3.43. The molecule has 1 nitrogen and oxygen atoms in total. The van der Waals surface area contributed by atoms with Gasteiger partial charge in [0.25, 0.3) is 0 Å². The van der Waals surface area contributed by atoms with Gasteiger partial charge < -0.3 is 5.11 Å². The first-order chi connectivity index (χ1) is 4.25. The van der Waals surface area contributed by atoms with Gasteiger partial charge in [0.15, 0.2) is 0 Å². The molecule has 1 aliphatic carbocycles. The first kappa shape index (κ1) is 7.07. The lowest BCUT2D eigenvalue weighted by atomic mass is 9.92. The monoisotopic (exact) mass is 128 g/mol. The maximum atomic E-state index is 8.91. The zero-order chi connectivity index (χ0) is 6.85. The highest BCUT2D eigenvalue weighted by Crippen LogP contribution is 2.39. The predicted molar refractivity (Wildman–Crippen MR) is 38.1 cm³/mol. The zero-order valence-electron chi connectivity index (χ0n) is 6.30. The molecule has 0 heterocycles. The number of rotatable bonds is 3. The molecule has 1 heteroatoms. The van der Waals surface area contributed by atoms with Crippen LogP contribution in [0, 0.1) is 17.8 Å². The summed E-state index contributed by atoms with van der Waals surface area (Å²) in [7, 11) is 0. The summed E-state index contributed by atoms with van der Waals surface area (Å²) in [5.74, 6) is 2.11. The number of aliphatic hydroxyl groups excluding tert-OH is 1. The van der Waals surface area contributed by atoms with Crippen molar-refractivity contribution in [2.24, 2.45) is 17.8 Å². The summed E-state index contributed by atoms with van der Waals surface area (Å²) in [6.45, 7) is 4.78. The van der Waals surface area contributed by atoms with Crippen molar-refractivity contribution in [3.05, 3.63) is 0 Å². The normalized spacial score (nSPS) is 22.7. The van der Waals surface area contributed by atoms with E-state index in [1.165, 1.54) is 12.8 Å². The number of hydrogen-bond acceptors (Lipinski definition) is 1. The second kappa shape index (κ2) is 2.70. The van der Waals surface area contributed by atoms with Crippen LogP contribution in [0.2, 0.25) is 0 Å². The highest BCUT2D eigenvalue weighted by atomic mass is 16.3. The van der Waals surface area contributed by atoms with E-state index >= 15 is 0 Å². The standard InChI is InChI=1S/C8H16O/c1-6(2)8(5-9)7-3-4-7/h6-9H,3-5H2,1-2H3/t8-/m1/s1. The molecule has 0 bridgehead atoms. The lowest BCUT2D eigenvalue weighted by Crippen LogP contribution is -2.15. The third-order valence-electron chi connectivity index (χ3n) is 2.29. The van der Waals surface area contributed by atoms with Crippen molar-refractivity contribution in [3.8, 4) is 0 Å². The lowest BCUT2D eigenvalue weighted by Gasteiger charge is -2.16. The van der Waals surface area contributed by atoms with E-state index in [4.69, 9.17) is 5.11 Å². The molecular weight excluding hydrogens is 112 g/mol. The third-order valence-corrected chi connectivity index (χ3v) is 2.29. The Hall–Kier alpha value is -0.0400. The fourth-order valence-electron chi connectivity index (χ4n) is 1.43. The lowest BCUT2D eigenvalue weighted by molar-refractivity contribution is 0.171. The summed E-state index contributed by atoms with van der Waals surface area (Å²) < 4.78 is 0. The van der Waals surface area contributed by atoms with E-state index in [0.717, 1.165) is 5.92 Å². The maximum absolute atomic E-state index is 8.91. The highest BCUT2D eigenvalue weighted by molar-refractivity contribution is 4.82. The Bertz CT molecular complexity index is 82.6. The average molecular weight is 128 g/mol. The minimum atomic E-state index is 0.391. The molecule has 54 valence electrons. The van der Waals surface area contributed by atoms with Gasteiger partial charge in [-0.3, -0.25) is 0 Å². The zero-order valence-corrected chi connectivity index (χ0v) is 6.30. The molecule has 0 radical (unpaired) electrons. The molecule has 0 amide bonds. The summed E-state index contributed by atoms with van der Waals surface area (Å²) >= 11 is 0. The molecule has 0 aromatic carbocycles. The predicted octanol–water partition coefficient (Wildman–Crippen LogP) is 1.66. The summed E-state index contributed by atoms with van der Waals surface area (Å²) in [4.78, 5) is 0. The Morgan fingerprint density at radius 1 is 1.44 bits per heavy atom. The van der Waals surface area contributed by atoms with E-state index < -0.39 is 0 Å². The molecule has 0 saturated heterocycles. The van der Waals surface area contributed by atoms with Gasteiger partial charge in [-0.05, 0) is 30.6 Å². The second-order valence-electron chi connectivity index (χ2n) is 3.43. The topological polar surface area (TPSA) is 20.2 Å². The van der Waals surface area contributed by atoms with E-state index in [2.05, 4.69) is 13.8 Å². The van der Waals surface area contributed by atoms with Crippen LogP contribution in [0.4, 0.5) is 0 Å². The molecular formula is C8H16O. The van der Waals surface area contributed by atoms with Crippen LogP contribution in [0.5, 0.6) is 0 Å².